The van der Waals surface area contributed by atoms with E-state index in [4.69, 9.17) is 5.11 Å². The van der Waals surface area contributed by atoms with Crippen molar-refractivity contribution in [3.05, 3.63) is 53.0 Å². The number of aromatic nitrogens is 1. The van der Waals surface area contributed by atoms with Gasteiger partial charge in [0.25, 0.3) is 0 Å². The molecule has 1 N–H and O–H groups in total. The number of hydrogen-bond acceptors (Lipinski definition) is 4. The van der Waals surface area contributed by atoms with Gasteiger partial charge in [0.05, 0.1) is 17.8 Å². The molecule has 0 saturated carbocycles. The Morgan fingerprint density at radius 3 is 2.80 bits per heavy atom. The number of carbonyl (C=O) groups is 1. The van der Waals surface area contributed by atoms with Crippen molar-refractivity contribution in [3.8, 4) is 16.6 Å². The summed E-state index contributed by atoms with van der Waals surface area (Å²) in [5, 5.41) is 20.6. The van der Waals surface area contributed by atoms with Crippen molar-refractivity contribution in [1.29, 1.82) is 5.26 Å². The fourth-order valence-corrected chi connectivity index (χ4v) is 2.78. The summed E-state index contributed by atoms with van der Waals surface area (Å²) >= 11 is 1.10. The lowest BCUT2D eigenvalue weighted by Gasteiger charge is -2.03. The minimum absolute atomic E-state index is 0.187. The van der Waals surface area contributed by atoms with Crippen LogP contribution in [0.5, 0.6) is 0 Å². The van der Waals surface area contributed by atoms with Gasteiger partial charge in [0.1, 0.15) is 9.88 Å². The van der Waals surface area contributed by atoms with Crippen molar-refractivity contribution < 1.29 is 9.90 Å². The number of carboxylic acid groups (broad SMARTS) is 1. The van der Waals surface area contributed by atoms with Gasteiger partial charge in [-0.2, -0.15) is 5.26 Å². The minimum Gasteiger partial charge on any atom is -0.477 e. The second-order valence-electron chi connectivity index (χ2n) is 4.19. The largest absolute Gasteiger partial charge is 0.477 e. The summed E-state index contributed by atoms with van der Waals surface area (Å²) in [5.74, 6) is -0.991. The van der Waals surface area contributed by atoms with Crippen LogP contribution in [0.1, 0.15) is 15.2 Å². The van der Waals surface area contributed by atoms with Crippen LogP contribution in [-0.4, -0.2) is 16.1 Å². The smallest absolute Gasteiger partial charge is 0.347 e. The first-order valence-electron chi connectivity index (χ1n) is 5.81. The van der Waals surface area contributed by atoms with Crippen LogP contribution < -0.4 is 0 Å². The van der Waals surface area contributed by atoms with Gasteiger partial charge in [-0.1, -0.05) is 24.3 Å². The molecule has 0 atom stereocenters. The maximum atomic E-state index is 10.9. The van der Waals surface area contributed by atoms with E-state index in [2.05, 4.69) is 11.1 Å². The Balaban J connectivity index is 2.21. The number of thiazole rings is 1. The van der Waals surface area contributed by atoms with Gasteiger partial charge in [0, 0.05) is 5.56 Å². The zero-order valence-corrected chi connectivity index (χ0v) is 11.0. The molecule has 5 heteroatoms. The maximum Gasteiger partial charge on any atom is 0.347 e. The van der Waals surface area contributed by atoms with E-state index < -0.39 is 5.97 Å². The summed E-state index contributed by atoms with van der Waals surface area (Å²) in [6.45, 7) is 0. The molecule has 0 aliphatic carbocycles. The number of aromatic carboxylic acids is 1. The minimum atomic E-state index is -0.991. The third kappa shape index (κ3) is 2.02. The van der Waals surface area contributed by atoms with Crippen molar-refractivity contribution in [2.24, 2.45) is 0 Å². The van der Waals surface area contributed by atoms with Crippen molar-refractivity contribution in [2.45, 2.75) is 0 Å². The molecule has 1 heterocycles. The number of rotatable bonds is 2. The van der Waals surface area contributed by atoms with E-state index >= 15 is 0 Å². The Labute approximate surface area is 118 Å². The van der Waals surface area contributed by atoms with Gasteiger partial charge < -0.3 is 5.11 Å². The first kappa shape index (κ1) is 12.3. The third-order valence-corrected chi connectivity index (χ3v) is 3.98. The van der Waals surface area contributed by atoms with E-state index in [9.17, 15) is 10.1 Å². The lowest BCUT2D eigenvalue weighted by Crippen LogP contribution is -1.89. The highest BCUT2D eigenvalue weighted by molar-refractivity contribution is 7.16. The van der Waals surface area contributed by atoms with Crippen LogP contribution in [0.3, 0.4) is 0 Å². The van der Waals surface area contributed by atoms with E-state index in [1.807, 2.05) is 30.3 Å². The van der Waals surface area contributed by atoms with Crippen LogP contribution in [-0.2, 0) is 0 Å². The van der Waals surface area contributed by atoms with Crippen molar-refractivity contribution in [1.82, 2.24) is 4.98 Å². The summed E-state index contributed by atoms with van der Waals surface area (Å²) in [7, 11) is 0. The SMILES string of the molecule is N#Cc1cc(-c2ncc(C(=O)O)s2)cc2ccccc12. The Morgan fingerprint density at radius 2 is 2.10 bits per heavy atom. The lowest BCUT2D eigenvalue weighted by atomic mass is 10.0. The highest BCUT2D eigenvalue weighted by Crippen LogP contribution is 2.30. The number of hydrogen-bond donors (Lipinski definition) is 1. The maximum absolute atomic E-state index is 10.9. The fraction of sp³-hybridized carbons (Fsp3) is 0. The summed E-state index contributed by atoms with van der Waals surface area (Å²) in [6.07, 6.45) is 1.34. The molecule has 0 amide bonds. The molecule has 0 aliphatic rings. The lowest BCUT2D eigenvalue weighted by molar-refractivity contribution is 0.0702. The van der Waals surface area contributed by atoms with E-state index in [-0.39, 0.29) is 4.88 Å². The Hall–Kier alpha value is -2.71. The summed E-state index contributed by atoms with van der Waals surface area (Å²) in [4.78, 5) is 15.2. The molecule has 0 aliphatic heterocycles. The van der Waals surface area contributed by atoms with Gasteiger partial charge in [0.15, 0.2) is 0 Å². The van der Waals surface area contributed by atoms with Crippen LogP contribution in [0.15, 0.2) is 42.6 Å². The van der Waals surface area contributed by atoms with Crippen LogP contribution in [0, 0.1) is 11.3 Å². The highest BCUT2D eigenvalue weighted by Gasteiger charge is 2.12. The number of carboxylic acids is 1. The predicted molar refractivity (Wildman–Crippen MR) is 76.7 cm³/mol. The molecule has 0 radical (unpaired) electrons. The van der Waals surface area contributed by atoms with Crippen LogP contribution in [0.4, 0.5) is 0 Å². The molecule has 0 bridgehead atoms. The van der Waals surface area contributed by atoms with Gasteiger partial charge in [0.2, 0.25) is 0 Å². The van der Waals surface area contributed by atoms with Gasteiger partial charge in [-0.25, -0.2) is 9.78 Å². The molecule has 96 valence electrons. The molecule has 0 unspecified atom stereocenters. The molecular formula is C15H8N2O2S. The number of benzene rings is 2. The standard InChI is InChI=1S/C15H8N2O2S/c16-7-11-6-10(5-9-3-1-2-4-12(9)11)14-17-8-13(20-14)15(18)19/h1-6,8H,(H,18,19). The topological polar surface area (TPSA) is 74.0 Å². The van der Waals surface area contributed by atoms with Crippen LogP contribution >= 0.6 is 11.3 Å². The van der Waals surface area contributed by atoms with E-state index in [0.29, 0.717) is 10.6 Å². The molecule has 3 rings (SSSR count). The molecule has 0 fully saturated rings. The summed E-state index contributed by atoms with van der Waals surface area (Å²) < 4.78 is 0. The monoisotopic (exact) mass is 280 g/mol. The number of nitriles is 1. The van der Waals surface area contributed by atoms with Gasteiger partial charge in [-0.15, -0.1) is 11.3 Å². The molecule has 0 spiro atoms. The molecule has 1 aromatic heterocycles. The molecule has 3 aromatic rings. The highest BCUT2D eigenvalue weighted by atomic mass is 32.1. The quantitative estimate of drug-likeness (QED) is 0.779. The second-order valence-corrected chi connectivity index (χ2v) is 5.22. The predicted octanol–water partition coefficient (Wildman–Crippen LogP) is 3.53. The van der Waals surface area contributed by atoms with Crippen molar-refractivity contribution in [2.75, 3.05) is 0 Å². The van der Waals surface area contributed by atoms with Crippen molar-refractivity contribution >= 4 is 28.1 Å². The van der Waals surface area contributed by atoms with E-state index in [1.165, 1.54) is 6.20 Å². The number of fused-ring (bicyclic) bond motifs is 1. The number of nitrogens with zero attached hydrogens (tertiary/aromatic N) is 2. The Kier molecular flexibility index (Phi) is 2.93. The molecular weight excluding hydrogens is 272 g/mol. The molecule has 0 saturated heterocycles. The third-order valence-electron chi connectivity index (χ3n) is 2.95. The normalized spacial score (nSPS) is 10.3. The first-order valence-corrected chi connectivity index (χ1v) is 6.63. The Bertz CT molecular complexity index is 862. The average Bonchev–Trinajstić information content (AvgIpc) is 2.96. The average molecular weight is 280 g/mol. The second kappa shape index (κ2) is 4.76. The summed E-state index contributed by atoms with van der Waals surface area (Å²) in [5.41, 5.74) is 1.32. The van der Waals surface area contributed by atoms with E-state index in [1.54, 1.807) is 6.07 Å². The Morgan fingerprint density at radius 1 is 1.30 bits per heavy atom. The summed E-state index contributed by atoms with van der Waals surface area (Å²) in [6, 6.07) is 13.4. The fourth-order valence-electron chi connectivity index (χ4n) is 2.03. The zero-order chi connectivity index (χ0) is 14.1. The van der Waals surface area contributed by atoms with Crippen LogP contribution in [0.25, 0.3) is 21.3 Å². The van der Waals surface area contributed by atoms with Crippen LogP contribution in [0.2, 0.25) is 0 Å². The van der Waals surface area contributed by atoms with Gasteiger partial charge in [-0.3, -0.25) is 0 Å². The van der Waals surface area contributed by atoms with Gasteiger partial charge in [-0.05, 0) is 22.9 Å². The van der Waals surface area contributed by atoms with Crippen molar-refractivity contribution in [3.63, 3.8) is 0 Å². The van der Waals surface area contributed by atoms with Gasteiger partial charge >= 0.3 is 5.97 Å². The zero-order valence-electron chi connectivity index (χ0n) is 10.2. The molecule has 20 heavy (non-hydrogen) atoms. The molecule has 4 nitrogen and oxygen atoms in total. The van der Waals surface area contributed by atoms with E-state index in [0.717, 1.165) is 27.7 Å². The molecule has 2 aromatic carbocycles. The first-order chi connectivity index (χ1) is 9.69.